The molecule has 118 valence electrons. The van der Waals surface area contributed by atoms with Gasteiger partial charge in [0, 0.05) is 25.4 Å². The van der Waals surface area contributed by atoms with Gasteiger partial charge in [0.15, 0.2) is 0 Å². The zero-order valence-corrected chi connectivity index (χ0v) is 13.3. The van der Waals surface area contributed by atoms with Crippen LogP contribution in [0.4, 0.5) is 0 Å². The molecule has 1 heterocycles. The molecule has 0 radical (unpaired) electrons. The third kappa shape index (κ3) is 4.56. The predicted molar refractivity (Wildman–Crippen MR) is 83.6 cm³/mol. The van der Waals surface area contributed by atoms with Crippen LogP contribution in [-0.2, 0) is 24.8 Å². The summed E-state index contributed by atoms with van der Waals surface area (Å²) in [5.41, 5.74) is 8.18. The number of rotatable bonds is 6. The van der Waals surface area contributed by atoms with Crippen molar-refractivity contribution in [1.82, 2.24) is 15.1 Å². The Morgan fingerprint density at radius 2 is 2.19 bits per heavy atom. The van der Waals surface area contributed by atoms with Crippen LogP contribution < -0.4 is 11.1 Å². The highest BCUT2D eigenvalue weighted by Crippen LogP contribution is 2.26. The number of carbonyl (C=O) groups excluding carboxylic acids is 1. The lowest BCUT2D eigenvalue weighted by Gasteiger charge is -2.24. The SMILES string of the molecule is CCc1nn(C)cc1CNC(=O)C(N)CC1CCCCC1. The second kappa shape index (κ2) is 7.59. The number of nitrogens with one attached hydrogen (secondary N) is 1. The summed E-state index contributed by atoms with van der Waals surface area (Å²) in [6.45, 7) is 2.59. The smallest absolute Gasteiger partial charge is 0.237 e. The lowest BCUT2D eigenvalue weighted by Crippen LogP contribution is -2.41. The van der Waals surface area contributed by atoms with Gasteiger partial charge in [-0.25, -0.2) is 0 Å². The summed E-state index contributed by atoms with van der Waals surface area (Å²) in [6.07, 6.45) is 10.0. The second-order valence-corrected chi connectivity index (χ2v) is 6.19. The van der Waals surface area contributed by atoms with Crippen LogP contribution in [0.2, 0.25) is 0 Å². The molecule has 1 aliphatic rings. The molecule has 1 aromatic rings. The first-order chi connectivity index (χ1) is 10.1. The third-order valence-electron chi connectivity index (χ3n) is 4.43. The molecule has 0 aliphatic heterocycles. The van der Waals surface area contributed by atoms with E-state index in [0.717, 1.165) is 24.1 Å². The van der Waals surface area contributed by atoms with E-state index in [9.17, 15) is 4.79 Å². The first-order valence-corrected chi connectivity index (χ1v) is 8.14. The maximum absolute atomic E-state index is 12.1. The Hall–Kier alpha value is -1.36. The number of amides is 1. The Labute approximate surface area is 127 Å². The van der Waals surface area contributed by atoms with Gasteiger partial charge in [0.2, 0.25) is 5.91 Å². The molecular formula is C16H28N4O. The Bertz CT molecular complexity index is 463. The lowest BCUT2D eigenvalue weighted by atomic mass is 9.85. The minimum atomic E-state index is -0.380. The van der Waals surface area contributed by atoms with Gasteiger partial charge in [-0.2, -0.15) is 5.10 Å². The zero-order valence-electron chi connectivity index (χ0n) is 13.3. The molecule has 5 nitrogen and oxygen atoms in total. The Morgan fingerprint density at radius 1 is 1.48 bits per heavy atom. The molecule has 0 saturated heterocycles. The van der Waals surface area contributed by atoms with Gasteiger partial charge in [0.25, 0.3) is 0 Å². The highest BCUT2D eigenvalue weighted by molar-refractivity contribution is 5.81. The van der Waals surface area contributed by atoms with Crippen LogP contribution in [0.25, 0.3) is 0 Å². The summed E-state index contributed by atoms with van der Waals surface area (Å²) in [6, 6.07) is -0.380. The standard InChI is InChI=1S/C16H28N4O/c1-3-15-13(11-20(2)19-15)10-18-16(21)14(17)9-12-7-5-4-6-8-12/h11-12,14H,3-10,17H2,1-2H3,(H,18,21). The van der Waals surface area contributed by atoms with Crippen LogP contribution in [0, 0.1) is 5.92 Å². The van der Waals surface area contributed by atoms with Crippen LogP contribution in [0.5, 0.6) is 0 Å². The van der Waals surface area contributed by atoms with Crippen molar-refractivity contribution in [2.24, 2.45) is 18.7 Å². The fourth-order valence-corrected chi connectivity index (χ4v) is 3.23. The van der Waals surface area contributed by atoms with Crippen LogP contribution in [0.3, 0.4) is 0 Å². The average Bonchev–Trinajstić information content (AvgIpc) is 2.85. The monoisotopic (exact) mass is 292 g/mol. The van der Waals surface area contributed by atoms with Crippen molar-refractivity contribution in [2.75, 3.05) is 0 Å². The minimum Gasteiger partial charge on any atom is -0.351 e. The summed E-state index contributed by atoms with van der Waals surface area (Å²) in [4.78, 5) is 12.1. The Morgan fingerprint density at radius 3 is 2.86 bits per heavy atom. The van der Waals surface area contributed by atoms with E-state index in [-0.39, 0.29) is 11.9 Å². The molecule has 5 heteroatoms. The van der Waals surface area contributed by atoms with E-state index in [1.807, 2.05) is 13.2 Å². The maximum atomic E-state index is 12.1. The van der Waals surface area contributed by atoms with Crippen molar-refractivity contribution >= 4 is 5.91 Å². The van der Waals surface area contributed by atoms with Gasteiger partial charge in [-0.3, -0.25) is 9.48 Å². The Balaban J connectivity index is 1.80. The van der Waals surface area contributed by atoms with E-state index < -0.39 is 0 Å². The molecule has 1 fully saturated rings. The quantitative estimate of drug-likeness (QED) is 0.841. The first kappa shape index (κ1) is 16.0. The van der Waals surface area contributed by atoms with Gasteiger partial charge in [-0.05, 0) is 18.8 Å². The van der Waals surface area contributed by atoms with Gasteiger partial charge < -0.3 is 11.1 Å². The molecule has 1 unspecified atom stereocenters. The molecule has 1 saturated carbocycles. The van der Waals surface area contributed by atoms with Gasteiger partial charge in [0.1, 0.15) is 0 Å². The highest BCUT2D eigenvalue weighted by atomic mass is 16.2. The number of nitrogens with two attached hydrogens (primary N) is 1. The number of aromatic nitrogens is 2. The molecule has 1 aliphatic carbocycles. The molecule has 1 atom stereocenters. The number of hydrogen-bond acceptors (Lipinski definition) is 3. The fraction of sp³-hybridized carbons (Fsp3) is 0.750. The molecule has 0 spiro atoms. The van der Waals surface area contributed by atoms with E-state index in [1.54, 1.807) is 4.68 Å². The normalized spacial score (nSPS) is 17.7. The largest absolute Gasteiger partial charge is 0.351 e. The molecule has 0 aromatic carbocycles. The average molecular weight is 292 g/mol. The van der Waals surface area contributed by atoms with Crippen LogP contribution >= 0.6 is 0 Å². The molecule has 3 N–H and O–H groups in total. The van der Waals surface area contributed by atoms with E-state index in [2.05, 4.69) is 17.3 Å². The highest BCUT2D eigenvalue weighted by Gasteiger charge is 2.21. The summed E-state index contributed by atoms with van der Waals surface area (Å²) < 4.78 is 1.79. The first-order valence-electron chi connectivity index (χ1n) is 8.14. The van der Waals surface area contributed by atoms with Gasteiger partial charge >= 0.3 is 0 Å². The van der Waals surface area contributed by atoms with Crippen molar-refractivity contribution in [3.05, 3.63) is 17.5 Å². The van der Waals surface area contributed by atoms with Gasteiger partial charge in [-0.1, -0.05) is 39.0 Å². The Kier molecular flexibility index (Phi) is 5.79. The molecular weight excluding hydrogens is 264 g/mol. The summed E-state index contributed by atoms with van der Waals surface area (Å²) in [5, 5.41) is 7.34. The van der Waals surface area contributed by atoms with Crippen LogP contribution in [-0.4, -0.2) is 21.7 Å². The van der Waals surface area contributed by atoms with E-state index >= 15 is 0 Å². The third-order valence-corrected chi connectivity index (χ3v) is 4.43. The summed E-state index contributed by atoms with van der Waals surface area (Å²) in [7, 11) is 1.90. The number of aryl methyl sites for hydroxylation is 2. The van der Waals surface area contributed by atoms with Crippen molar-refractivity contribution in [3.63, 3.8) is 0 Å². The number of hydrogen-bond donors (Lipinski definition) is 2. The second-order valence-electron chi connectivity index (χ2n) is 6.19. The summed E-state index contributed by atoms with van der Waals surface area (Å²) >= 11 is 0. The van der Waals surface area contributed by atoms with Crippen LogP contribution in [0.15, 0.2) is 6.20 Å². The van der Waals surface area contributed by atoms with Crippen molar-refractivity contribution in [1.29, 1.82) is 0 Å². The number of carbonyl (C=O) groups is 1. The zero-order chi connectivity index (χ0) is 15.2. The lowest BCUT2D eigenvalue weighted by molar-refractivity contribution is -0.123. The van der Waals surface area contributed by atoms with E-state index in [0.29, 0.717) is 12.5 Å². The van der Waals surface area contributed by atoms with Crippen molar-refractivity contribution in [2.45, 2.75) is 64.5 Å². The molecule has 1 aromatic heterocycles. The molecule has 2 rings (SSSR count). The topological polar surface area (TPSA) is 72.9 Å². The molecule has 0 bridgehead atoms. The fourth-order valence-electron chi connectivity index (χ4n) is 3.23. The van der Waals surface area contributed by atoms with E-state index in [4.69, 9.17) is 5.73 Å². The van der Waals surface area contributed by atoms with Gasteiger partial charge in [-0.15, -0.1) is 0 Å². The molecule has 1 amide bonds. The van der Waals surface area contributed by atoms with Crippen molar-refractivity contribution in [3.8, 4) is 0 Å². The minimum absolute atomic E-state index is 0.0357. The van der Waals surface area contributed by atoms with Crippen molar-refractivity contribution < 1.29 is 4.79 Å². The van der Waals surface area contributed by atoms with Crippen LogP contribution in [0.1, 0.15) is 56.7 Å². The van der Waals surface area contributed by atoms with E-state index in [1.165, 1.54) is 32.1 Å². The molecule has 21 heavy (non-hydrogen) atoms. The van der Waals surface area contributed by atoms with Gasteiger partial charge in [0.05, 0.1) is 11.7 Å². The summed E-state index contributed by atoms with van der Waals surface area (Å²) in [5.74, 6) is 0.593. The predicted octanol–water partition coefficient (Wildman–Crippen LogP) is 1.90. The number of nitrogens with zero attached hydrogens (tertiary/aromatic N) is 2. The maximum Gasteiger partial charge on any atom is 0.237 e.